The maximum Gasteiger partial charge on any atom is 0.270 e. The number of anilines is 1. The SMILES string of the molecule is CCc1ccc(NC(=O)C(C)Sc2nncc(=O)[nH]2)cc1. The molecule has 1 unspecified atom stereocenters. The van der Waals surface area contributed by atoms with Gasteiger partial charge in [-0.25, -0.2) is 0 Å². The van der Waals surface area contributed by atoms with Crippen molar-refractivity contribution < 1.29 is 4.79 Å². The van der Waals surface area contributed by atoms with Gasteiger partial charge in [0.25, 0.3) is 5.56 Å². The number of benzene rings is 1. The molecule has 0 aliphatic rings. The topological polar surface area (TPSA) is 87.7 Å². The maximum atomic E-state index is 12.1. The summed E-state index contributed by atoms with van der Waals surface area (Å²) in [4.78, 5) is 25.7. The Morgan fingerprint density at radius 1 is 1.38 bits per heavy atom. The Morgan fingerprint density at radius 3 is 2.71 bits per heavy atom. The number of carbonyl (C=O) groups is 1. The zero-order chi connectivity index (χ0) is 15.2. The second-order valence-electron chi connectivity index (χ2n) is 4.44. The molecule has 21 heavy (non-hydrogen) atoms. The van der Waals surface area contributed by atoms with Gasteiger partial charge in [0, 0.05) is 5.69 Å². The lowest BCUT2D eigenvalue weighted by Gasteiger charge is -2.11. The van der Waals surface area contributed by atoms with Crippen LogP contribution < -0.4 is 10.9 Å². The van der Waals surface area contributed by atoms with Gasteiger partial charge in [-0.15, -0.1) is 5.10 Å². The summed E-state index contributed by atoms with van der Waals surface area (Å²) in [6, 6.07) is 7.71. The number of thioether (sulfide) groups is 1. The Bertz CT molecular complexity index is 669. The molecule has 0 saturated heterocycles. The molecule has 1 aromatic heterocycles. The van der Waals surface area contributed by atoms with Crippen molar-refractivity contribution in [1.29, 1.82) is 0 Å². The number of hydrogen-bond donors (Lipinski definition) is 2. The molecule has 1 atom stereocenters. The van der Waals surface area contributed by atoms with E-state index in [1.807, 2.05) is 24.3 Å². The molecule has 0 bridgehead atoms. The third kappa shape index (κ3) is 4.42. The monoisotopic (exact) mass is 304 g/mol. The summed E-state index contributed by atoms with van der Waals surface area (Å²) < 4.78 is 0. The van der Waals surface area contributed by atoms with Crippen LogP contribution in [-0.4, -0.2) is 26.3 Å². The number of aryl methyl sites for hydroxylation is 1. The van der Waals surface area contributed by atoms with Gasteiger partial charge in [-0.05, 0) is 31.0 Å². The normalized spacial score (nSPS) is 11.9. The third-order valence-corrected chi connectivity index (χ3v) is 3.82. The number of amides is 1. The van der Waals surface area contributed by atoms with E-state index < -0.39 is 5.25 Å². The maximum absolute atomic E-state index is 12.1. The van der Waals surface area contributed by atoms with E-state index >= 15 is 0 Å². The van der Waals surface area contributed by atoms with Gasteiger partial charge in [-0.2, -0.15) is 5.10 Å². The van der Waals surface area contributed by atoms with Crippen molar-refractivity contribution in [1.82, 2.24) is 15.2 Å². The summed E-state index contributed by atoms with van der Waals surface area (Å²) in [7, 11) is 0. The first-order valence-corrected chi connectivity index (χ1v) is 7.45. The van der Waals surface area contributed by atoms with Gasteiger partial charge in [-0.1, -0.05) is 30.8 Å². The first kappa shape index (κ1) is 15.2. The van der Waals surface area contributed by atoms with Crippen LogP contribution in [0, 0.1) is 0 Å². The molecule has 1 amide bonds. The largest absolute Gasteiger partial charge is 0.325 e. The van der Waals surface area contributed by atoms with Gasteiger partial charge in [0.05, 0.1) is 5.25 Å². The lowest BCUT2D eigenvalue weighted by Crippen LogP contribution is -2.23. The highest BCUT2D eigenvalue weighted by Crippen LogP contribution is 2.19. The smallest absolute Gasteiger partial charge is 0.270 e. The fraction of sp³-hybridized carbons (Fsp3) is 0.286. The van der Waals surface area contributed by atoms with Crippen LogP contribution >= 0.6 is 11.8 Å². The number of aromatic nitrogens is 3. The summed E-state index contributed by atoms with van der Waals surface area (Å²) in [5.41, 5.74) is 1.63. The van der Waals surface area contributed by atoms with Gasteiger partial charge in [0.1, 0.15) is 6.20 Å². The van der Waals surface area contributed by atoms with E-state index in [2.05, 4.69) is 27.4 Å². The Morgan fingerprint density at radius 2 is 2.10 bits per heavy atom. The second kappa shape index (κ2) is 7.03. The molecule has 110 valence electrons. The molecule has 6 nitrogen and oxygen atoms in total. The number of H-pyrrole nitrogens is 1. The highest BCUT2D eigenvalue weighted by molar-refractivity contribution is 8.00. The van der Waals surface area contributed by atoms with Crippen LogP contribution in [0.25, 0.3) is 0 Å². The molecule has 0 spiro atoms. The van der Waals surface area contributed by atoms with E-state index in [0.29, 0.717) is 5.16 Å². The number of rotatable bonds is 5. The highest BCUT2D eigenvalue weighted by atomic mass is 32.2. The number of carbonyl (C=O) groups excluding carboxylic acids is 1. The summed E-state index contributed by atoms with van der Waals surface area (Å²) >= 11 is 1.15. The van der Waals surface area contributed by atoms with E-state index in [1.54, 1.807) is 6.92 Å². The second-order valence-corrected chi connectivity index (χ2v) is 5.77. The third-order valence-electron chi connectivity index (χ3n) is 2.84. The Hall–Kier alpha value is -2.15. The standard InChI is InChI=1S/C14H16N4O2S/c1-3-10-4-6-11(7-5-10)16-13(20)9(2)21-14-17-12(19)8-15-18-14/h4-9H,3H2,1-2H3,(H,16,20)(H,17,18,19). The molecule has 7 heteroatoms. The number of aromatic amines is 1. The van der Waals surface area contributed by atoms with Crippen LogP contribution in [0.5, 0.6) is 0 Å². The van der Waals surface area contributed by atoms with Crippen molar-refractivity contribution >= 4 is 23.4 Å². The molecule has 1 heterocycles. The van der Waals surface area contributed by atoms with Gasteiger partial charge in [0.2, 0.25) is 5.91 Å². The van der Waals surface area contributed by atoms with E-state index in [0.717, 1.165) is 30.1 Å². The minimum Gasteiger partial charge on any atom is -0.325 e. The molecule has 2 rings (SSSR count). The highest BCUT2D eigenvalue weighted by Gasteiger charge is 2.16. The Kier molecular flexibility index (Phi) is 5.10. The number of hydrogen-bond acceptors (Lipinski definition) is 5. The molecule has 2 N–H and O–H groups in total. The molecule has 0 aliphatic heterocycles. The Balaban J connectivity index is 1.97. The summed E-state index contributed by atoms with van der Waals surface area (Å²) in [6.45, 7) is 3.82. The Labute approximate surface area is 126 Å². The van der Waals surface area contributed by atoms with Gasteiger partial charge < -0.3 is 5.32 Å². The van der Waals surface area contributed by atoms with Crippen molar-refractivity contribution in [3.8, 4) is 0 Å². The number of nitrogens with one attached hydrogen (secondary N) is 2. The average Bonchev–Trinajstić information content (AvgIpc) is 2.48. The summed E-state index contributed by atoms with van der Waals surface area (Å²) in [5.74, 6) is -0.157. The van der Waals surface area contributed by atoms with Crippen LogP contribution in [-0.2, 0) is 11.2 Å². The van der Waals surface area contributed by atoms with Crippen LogP contribution in [0.15, 0.2) is 40.4 Å². The van der Waals surface area contributed by atoms with E-state index in [1.165, 1.54) is 5.56 Å². The van der Waals surface area contributed by atoms with E-state index in [-0.39, 0.29) is 11.5 Å². The molecular formula is C14H16N4O2S. The van der Waals surface area contributed by atoms with Gasteiger partial charge in [0.15, 0.2) is 5.16 Å². The summed E-state index contributed by atoms with van der Waals surface area (Å²) in [5, 5.41) is 10.1. The van der Waals surface area contributed by atoms with Crippen LogP contribution in [0.3, 0.4) is 0 Å². The van der Waals surface area contributed by atoms with E-state index in [4.69, 9.17) is 0 Å². The average molecular weight is 304 g/mol. The van der Waals surface area contributed by atoms with Gasteiger partial charge in [-0.3, -0.25) is 14.6 Å². The number of nitrogens with zero attached hydrogens (tertiary/aromatic N) is 2. The van der Waals surface area contributed by atoms with Crippen molar-refractivity contribution in [2.75, 3.05) is 5.32 Å². The fourth-order valence-electron chi connectivity index (χ4n) is 1.64. The van der Waals surface area contributed by atoms with Crippen molar-refractivity contribution in [2.24, 2.45) is 0 Å². The van der Waals surface area contributed by atoms with Crippen molar-refractivity contribution in [3.63, 3.8) is 0 Å². The minimum absolute atomic E-state index is 0.157. The summed E-state index contributed by atoms with van der Waals surface area (Å²) in [6.07, 6.45) is 2.05. The molecule has 0 aliphatic carbocycles. The first-order chi connectivity index (χ1) is 10.1. The zero-order valence-corrected chi connectivity index (χ0v) is 12.6. The van der Waals surface area contributed by atoms with E-state index in [9.17, 15) is 9.59 Å². The molecule has 0 saturated carbocycles. The van der Waals surface area contributed by atoms with Gasteiger partial charge >= 0.3 is 0 Å². The molecule has 1 aromatic carbocycles. The zero-order valence-electron chi connectivity index (χ0n) is 11.8. The molecule has 2 aromatic rings. The predicted molar refractivity (Wildman–Crippen MR) is 82.4 cm³/mol. The molecular weight excluding hydrogens is 288 g/mol. The lowest BCUT2D eigenvalue weighted by atomic mass is 10.1. The fourth-order valence-corrected chi connectivity index (χ4v) is 2.39. The molecule has 0 fully saturated rings. The minimum atomic E-state index is -0.400. The first-order valence-electron chi connectivity index (χ1n) is 6.57. The van der Waals surface area contributed by atoms with Crippen molar-refractivity contribution in [3.05, 3.63) is 46.4 Å². The quantitative estimate of drug-likeness (QED) is 0.823. The van der Waals surface area contributed by atoms with Crippen LogP contribution in [0.1, 0.15) is 19.4 Å². The van der Waals surface area contributed by atoms with Crippen LogP contribution in [0.2, 0.25) is 0 Å². The lowest BCUT2D eigenvalue weighted by molar-refractivity contribution is -0.115. The van der Waals surface area contributed by atoms with Crippen molar-refractivity contribution in [2.45, 2.75) is 30.7 Å². The predicted octanol–water partition coefficient (Wildman–Crippen LogP) is 1.85. The molecule has 0 radical (unpaired) electrons. The van der Waals surface area contributed by atoms with Crippen LogP contribution in [0.4, 0.5) is 5.69 Å².